The first-order valence-electron chi connectivity index (χ1n) is 3.06. The molecule has 2 N–H and O–H groups in total. The highest BCUT2D eigenvalue weighted by Gasteiger charge is 2.14. The van der Waals surface area contributed by atoms with Crippen molar-refractivity contribution < 1.29 is 0 Å². The highest BCUT2D eigenvalue weighted by Crippen LogP contribution is 2.07. The topological polar surface area (TPSA) is 35.9 Å². The molecule has 0 aromatic carbocycles. The molecule has 8 heavy (non-hydrogen) atoms. The quantitative estimate of drug-likeness (QED) is 0.480. The van der Waals surface area contributed by atoms with Crippen molar-refractivity contribution in [3.05, 3.63) is 0 Å². The smallest absolute Gasteiger partial charge is 0.0102 e. The van der Waals surface area contributed by atoms with Crippen molar-refractivity contribution in [1.82, 2.24) is 5.32 Å². The van der Waals surface area contributed by atoms with Gasteiger partial charge < -0.3 is 10.7 Å². The van der Waals surface area contributed by atoms with Gasteiger partial charge in [0.25, 0.3) is 0 Å². The standard InChI is InChI=1S/C6H12N2/c1-5(7)6-2-3-8-4-6/h6-8H,2-4H2,1H3/t6-/m1/s1. The van der Waals surface area contributed by atoms with Crippen LogP contribution in [0.4, 0.5) is 0 Å². The summed E-state index contributed by atoms with van der Waals surface area (Å²) in [6.07, 6.45) is 1.16. The Morgan fingerprint density at radius 1 is 1.75 bits per heavy atom. The second-order valence-corrected chi connectivity index (χ2v) is 2.37. The number of hydrogen-bond donors (Lipinski definition) is 2. The lowest BCUT2D eigenvalue weighted by Gasteiger charge is -2.02. The van der Waals surface area contributed by atoms with E-state index < -0.39 is 0 Å². The average molecular weight is 112 g/mol. The third kappa shape index (κ3) is 1.07. The molecule has 0 aromatic rings. The second-order valence-electron chi connectivity index (χ2n) is 2.37. The van der Waals surface area contributed by atoms with Gasteiger partial charge in [-0.15, -0.1) is 0 Å². The molecule has 0 bridgehead atoms. The molecule has 0 radical (unpaired) electrons. The Morgan fingerprint density at radius 3 is 2.75 bits per heavy atom. The van der Waals surface area contributed by atoms with Crippen molar-refractivity contribution in [3.63, 3.8) is 0 Å². The van der Waals surface area contributed by atoms with Gasteiger partial charge in [0.15, 0.2) is 0 Å². The van der Waals surface area contributed by atoms with Crippen LogP contribution in [-0.4, -0.2) is 18.8 Å². The summed E-state index contributed by atoms with van der Waals surface area (Å²) in [5, 5.41) is 10.5. The summed E-state index contributed by atoms with van der Waals surface area (Å²) in [6.45, 7) is 4.01. The van der Waals surface area contributed by atoms with E-state index in [0.717, 1.165) is 25.2 Å². The van der Waals surface area contributed by atoms with E-state index in [-0.39, 0.29) is 0 Å². The van der Waals surface area contributed by atoms with Crippen LogP contribution in [0.5, 0.6) is 0 Å². The third-order valence-corrected chi connectivity index (χ3v) is 1.67. The maximum atomic E-state index is 7.25. The number of nitrogens with one attached hydrogen (secondary N) is 2. The number of rotatable bonds is 1. The maximum absolute atomic E-state index is 7.25. The van der Waals surface area contributed by atoms with Crippen LogP contribution < -0.4 is 5.32 Å². The molecule has 0 saturated carbocycles. The first-order valence-corrected chi connectivity index (χ1v) is 3.06. The van der Waals surface area contributed by atoms with Gasteiger partial charge in [0.1, 0.15) is 0 Å². The minimum absolute atomic E-state index is 0.537. The van der Waals surface area contributed by atoms with Gasteiger partial charge in [0, 0.05) is 18.2 Å². The molecule has 1 aliphatic rings. The van der Waals surface area contributed by atoms with Gasteiger partial charge in [0.05, 0.1) is 0 Å². The Kier molecular flexibility index (Phi) is 1.63. The fourth-order valence-electron chi connectivity index (χ4n) is 1.02. The van der Waals surface area contributed by atoms with Gasteiger partial charge in [-0.3, -0.25) is 0 Å². The Hall–Kier alpha value is -0.370. The minimum atomic E-state index is 0.537. The van der Waals surface area contributed by atoms with Gasteiger partial charge in [-0.05, 0) is 19.9 Å². The lowest BCUT2D eigenvalue weighted by atomic mass is 10.1. The van der Waals surface area contributed by atoms with Crippen molar-refractivity contribution in [2.45, 2.75) is 13.3 Å². The molecule has 0 aliphatic carbocycles. The Balaban J connectivity index is 2.35. The van der Waals surface area contributed by atoms with E-state index in [0.29, 0.717) is 5.92 Å². The third-order valence-electron chi connectivity index (χ3n) is 1.67. The summed E-state index contributed by atoms with van der Waals surface area (Å²) in [5.74, 6) is 0.537. The van der Waals surface area contributed by atoms with E-state index in [9.17, 15) is 0 Å². The van der Waals surface area contributed by atoms with E-state index in [1.807, 2.05) is 6.92 Å². The highest BCUT2D eigenvalue weighted by atomic mass is 14.9. The zero-order valence-electron chi connectivity index (χ0n) is 5.20. The van der Waals surface area contributed by atoms with E-state index in [4.69, 9.17) is 5.41 Å². The molecular weight excluding hydrogens is 100 g/mol. The Labute approximate surface area is 49.8 Å². The van der Waals surface area contributed by atoms with Gasteiger partial charge in [-0.1, -0.05) is 0 Å². The zero-order valence-corrected chi connectivity index (χ0v) is 5.20. The van der Waals surface area contributed by atoms with Gasteiger partial charge in [0.2, 0.25) is 0 Å². The van der Waals surface area contributed by atoms with Crippen molar-refractivity contribution in [1.29, 1.82) is 5.41 Å². The molecule has 1 saturated heterocycles. The summed E-state index contributed by atoms with van der Waals surface area (Å²) in [7, 11) is 0. The molecule has 1 heterocycles. The van der Waals surface area contributed by atoms with Crippen LogP contribution in [-0.2, 0) is 0 Å². The van der Waals surface area contributed by atoms with Crippen molar-refractivity contribution in [2.75, 3.05) is 13.1 Å². The molecule has 1 fully saturated rings. The largest absolute Gasteiger partial charge is 0.316 e. The van der Waals surface area contributed by atoms with Crippen LogP contribution >= 0.6 is 0 Å². The summed E-state index contributed by atoms with van der Waals surface area (Å²) in [4.78, 5) is 0. The monoisotopic (exact) mass is 112 g/mol. The lowest BCUT2D eigenvalue weighted by molar-refractivity contribution is 0.763. The fraction of sp³-hybridized carbons (Fsp3) is 0.833. The van der Waals surface area contributed by atoms with Gasteiger partial charge in [-0.2, -0.15) is 0 Å². The predicted molar refractivity (Wildman–Crippen MR) is 34.4 cm³/mol. The molecule has 0 spiro atoms. The Morgan fingerprint density at radius 2 is 2.50 bits per heavy atom. The van der Waals surface area contributed by atoms with Gasteiger partial charge >= 0.3 is 0 Å². The first-order chi connectivity index (χ1) is 3.80. The SMILES string of the molecule is CC(=N)[C@@H]1CCNC1. The van der Waals surface area contributed by atoms with E-state index in [2.05, 4.69) is 5.32 Å². The van der Waals surface area contributed by atoms with Crippen LogP contribution in [0.3, 0.4) is 0 Å². The molecule has 0 aromatic heterocycles. The normalized spacial score (nSPS) is 28.4. The molecule has 46 valence electrons. The average Bonchev–Trinajstić information content (AvgIpc) is 2.12. The fourth-order valence-corrected chi connectivity index (χ4v) is 1.02. The van der Waals surface area contributed by atoms with E-state index >= 15 is 0 Å². The summed E-state index contributed by atoms with van der Waals surface area (Å²) in [5.41, 5.74) is 0.829. The molecular formula is C6H12N2. The van der Waals surface area contributed by atoms with Crippen LogP contribution in [0.15, 0.2) is 0 Å². The molecule has 1 atom stereocenters. The van der Waals surface area contributed by atoms with Crippen LogP contribution in [0.1, 0.15) is 13.3 Å². The van der Waals surface area contributed by atoms with Gasteiger partial charge in [-0.25, -0.2) is 0 Å². The zero-order chi connectivity index (χ0) is 5.98. The van der Waals surface area contributed by atoms with E-state index in [1.165, 1.54) is 0 Å². The van der Waals surface area contributed by atoms with Crippen molar-refractivity contribution in [2.24, 2.45) is 5.92 Å². The second kappa shape index (κ2) is 2.27. The van der Waals surface area contributed by atoms with Crippen LogP contribution in [0, 0.1) is 11.3 Å². The first kappa shape index (κ1) is 5.76. The molecule has 0 unspecified atom stereocenters. The lowest BCUT2D eigenvalue weighted by Crippen LogP contribution is -2.13. The van der Waals surface area contributed by atoms with Crippen LogP contribution in [0.2, 0.25) is 0 Å². The summed E-state index contributed by atoms with van der Waals surface area (Å²) in [6, 6.07) is 0. The van der Waals surface area contributed by atoms with Crippen molar-refractivity contribution >= 4 is 5.71 Å². The predicted octanol–water partition coefficient (Wildman–Crippen LogP) is 0.636. The molecule has 1 aliphatic heterocycles. The maximum Gasteiger partial charge on any atom is 0.0102 e. The summed E-state index contributed by atoms with van der Waals surface area (Å²) >= 11 is 0. The number of hydrogen-bond acceptors (Lipinski definition) is 2. The Bertz CT molecular complexity index is 92.7. The summed E-state index contributed by atoms with van der Waals surface area (Å²) < 4.78 is 0. The van der Waals surface area contributed by atoms with Crippen LogP contribution in [0.25, 0.3) is 0 Å². The molecule has 0 amide bonds. The van der Waals surface area contributed by atoms with Crippen molar-refractivity contribution in [3.8, 4) is 0 Å². The molecule has 2 nitrogen and oxygen atoms in total. The highest BCUT2D eigenvalue weighted by molar-refractivity contribution is 5.81. The molecule has 1 rings (SSSR count). The molecule has 2 heteroatoms. The van der Waals surface area contributed by atoms with E-state index in [1.54, 1.807) is 0 Å². The minimum Gasteiger partial charge on any atom is -0.316 e.